The lowest BCUT2D eigenvalue weighted by Gasteiger charge is -2.24. The van der Waals surface area contributed by atoms with Crippen molar-refractivity contribution in [2.75, 3.05) is 13.7 Å². The maximum absolute atomic E-state index is 13.6. The lowest BCUT2D eigenvalue weighted by Crippen LogP contribution is -2.39. The Labute approximate surface area is 198 Å². The van der Waals surface area contributed by atoms with Gasteiger partial charge in [0.2, 0.25) is 0 Å². The van der Waals surface area contributed by atoms with E-state index in [4.69, 9.17) is 9.47 Å². The van der Waals surface area contributed by atoms with E-state index in [0.29, 0.717) is 27.4 Å². The molecule has 10 heteroatoms. The van der Waals surface area contributed by atoms with Crippen molar-refractivity contribution < 1.29 is 19.2 Å². The molecule has 1 atom stereocenters. The standard InChI is InChI=1S/C24H21N3O6S/c1-4-33-23(29)20-14(2)25-24-26(21(20)15-9-11-17(32-3)12-10-15)22(28)19(34-24)13-16-7-5-6-8-18(16)27(30)31/h5-13,21H,4H2,1-3H3. The number of rotatable bonds is 6. The molecule has 1 unspecified atom stereocenters. The van der Waals surface area contributed by atoms with E-state index in [0.717, 1.165) is 11.3 Å². The molecule has 0 amide bonds. The molecule has 4 rings (SSSR count). The average Bonchev–Trinajstić information content (AvgIpc) is 3.13. The van der Waals surface area contributed by atoms with E-state index in [2.05, 4.69) is 4.99 Å². The van der Waals surface area contributed by atoms with Crippen LogP contribution in [0.2, 0.25) is 0 Å². The molecule has 0 fully saturated rings. The van der Waals surface area contributed by atoms with Crippen LogP contribution >= 0.6 is 11.3 Å². The van der Waals surface area contributed by atoms with Gasteiger partial charge in [-0.1, -0.05) is 35.6 Å². The minimum Gasteiger partial charge on any atom is -0.497 e. The van der Waals surface area contributed by atoms with Gasteiger partial charge in [0.05, 0.1) is 46.0 Å². The van der Waals surface area contributed by atoms with Crippen LogP contribution in [0.3, 0.4) is 0 Å². The number of methoxy groups -OCH3 is 1. The van der Waals surface area contributed by atoms with E-state index in [1.165, 1.54) is 16.7 Å². The number of ether oxygens (including phenoxy) is 2. The third-order valence-electron chi connectivity index (χ3n) is 5.37. The van der Waals surface area contributed by atoms with Crippen molar-refractivity contribution in [1.29, 1.82) is 0 Å². The topological polar surface area (TPSA) is 113 Å². The predicted molar refractivity (Wildman–Crippen MR) is 126 cm³/mol. The van der Waals surface area contributed by atoms with Crippen LogP contribution in [-0.2, 0) is 9.53 Å². The summed E-state index contributed by atoms with van der Waals surface area (Å²) in [5.74, 6) is 0.0727. The Morgan fingerprint density at radius 1 is 1.24 bits per heavy atom. The smallest absolute Gasteiger partial charge is 0.338 e. The second-order valence-electron chi connectivity index (χ2n) is 7.39. The van der Waals surface area contributed by atoms with Crippen molar-refractivity contribution in [3.8, 4) is 5.75 Å². The Bertz CT molecular complexity index is 1480. The molecule has 0 radical (unpaired) electrons. The van der Waals surface area contributed by atoms with E-state index in [9.17, 15) is 19.7 Å². The number of carbonyl (C=O) groups is 1. The minimum atomic E-state index is -0.769. The maximum atomic E-state index is 13.6. The first-order valence-electron chi connectivity index (χ1n) is 10.4. The SMILES string of the molecule is CCOC(=O)C1=C(C)N=c2sc(=Cc3ccccc3[N+](=O)[O-])c(=O)n2C1c1ccc(OC)cc1. The molecule has 2 aromatic carbocycles. The highest BCUT2D eigenvalue weighted by Gasteiger charge is 2.33. The highest BCUT2D eigenvalue weighted by Crippen LogP contribution is 2.31. The number of nitro benzene ring substituents is 1. The summed E-state index contributed by atoms with van der Waals surface area (Å²) in [6.45, 7) is 3.58. The monoisotopic (exact) mass is 479 g/mol. The van der Waals surface area contributed by atoms with Crippen molar-refractivity contribution >= 4 is 29.1 Å². The van der Waals surface area contributed by atoms with Crippen LogP contribution in [0.15, 0.2) is 69.6 Å². The van der Waals surface area contributed by atoms with Crippen LogP contribution in [0.1, 0.15) is 31.0 Å². The number of aromatic nitrogens is 1. The molecule has 1 aliphatic rings. The Morgan fingerprint density at radius 3 is 2.59 bits per heavy atom. The number of para-hydroxylation sites is 1. The van der Waals surface area contributed by atoms with Crippen LogP contribution in [0.4, 0.5) is 5.69 Å². The zero-order valence-corrected chi connectivity index (χ0v) is 19.5. The molecule has 9 nitrogen and oxygen atoms in total. The number of esters is 1. The Kier molecular flexibility index (Phi) is 6.42. The van der Waals surface area contributed by atoms with E-state index >= 15 is 0 Å². The molecule has 2 heterocycles. The van der Waals surface area contributed by atoms with Gasteiger partial charge in [0.1, 0.15) is 5.75 Å². The summed E-state index contributed by atoms with van der Waals surface area (Å²) in [6.07, 6.45) is 1.48. The summed E-state index contributed by atoms with van der Waals surface area (Å²) in [7, 11) is 1.55. The number of carbonyl (C=O) groups excluding carboxylic acids is 1. The Balaban J connectivity index is 1.96. The molecular weight excluding hydrogens is 458 g/mol. The largest absolute Gasteiger partial charge is 0.497 e. The first-order valence-corrected chi connectivity index (χ1v) is 11.2. The third kappa shape index (κ3) is 4.15. The Morgan fingerprint density at radius 2 is 1.94 bits per heavy atom. The first-order chi connectivity index (χ1) is 16.3. The number of fused-ring (bicyclic) bond motifs is 1. The van der Waals surface area contributed by atoms with Gasteiger partial charge in [-0.3, -0.25) is 19.5 Å². The van der Waals surface area contributed by atoms with Crippen LogP contribution < -0.4 is 19.6 Å². The normalized spacial score (nSPS) is 15.5. The molecule has 34 heavy (non-hydrogen) atoms. The number of hydrogen-bond acceptors (Lipinski definition) is 8. The van der Waals surface area contributed by atoms with Crippen LogP contribution in [0.5, 0.6) is 5.75 Å². The summed E-state index contributed by atoms with van der Waals surface area (Å²) in [4.78, 5) is 42.3. The van der Waals surface area contributed by atoms with Gasteiger partial charge in [0.15, 0.2) is 4.80 Å². The van der Waals surface area contributed by atoms with Crippen molar-refractivity contribution in [3.05, 3.63) is 101 Å². The zero-order chi connectivity index (χ0) is 24.4. The number of nitrogens with zero attached hydrogens (tertiary/aromatic N) is 3. The molecule has 1 aliphatic heterocycles. The van der Waals surface area contributed by atoms with Crippen molar-refractivity contribution in [1.82, 2.24) is 4.57 Å². The molecular formula is C24H21N3O6S. The van der Waals surface area contributed by atoms with Crippen molar-refractivity contribution in [2.45, 2.75) is 19.9 Å². The zero-order valence-electron chi connectivity index (χ0n) is 18.7. The fourth-order valence-electron chi connectivity index (χ4n) is 3.81. The quantitative estimate of drug-likeness (QED) is 0.305. The molecule has 1 aromatic heterocycles. The lowest BCUT2D eigenvalue weighted by atomic mass is 9.96. The van der Waals surface area contributed by atoms with Gasteiger partial charge in [-0.2, -0.15) is 0 Å². The molecule has 174 valence electrons. The van der Waals surface area contributed by atoms with Gasteiger partial charge in [-0.25, -0.2) is 9.79 Å². The maximum Gasteiger partial charge on any atom is 0.338 e. The second-order valence-corrected chi connectivity index (χ2v) is 8.40. The molecule has 0 N–H and O–H groups in total. The molecule has 0 saturated heterocycles. The summed E-state index contributed by atoms with van der Waals surface area (Å²) in [5.41, 5.74) is 1.17. The number of hydrogen-bond donors (Lipinski definition) is 0. The van der Waals surface area contributed by atoms with Gasteiger partial charge in [0, 0.05) is 6.07 Å². The molecule has 0 saturated carbocycles. The summed E-state index contributed by atoms with van der Waals surface area (Å²) in [6, 6.07) is 12.5. The molecule has 3 aromatic rings. The number of benzene rings is 2. The third-order valence-corrected chi connectivity index (χ3v) is 6.35. The minimum absolute atomic E-state index is 0.108. The van der Waals surface area contributed by atoms with Gasteiger partial charge < -0.3 is 9.47 Å². The van der Waals surface area contributed by atoms with Crippen LogP contribution in [0, 0.1) is 10.1 Å². The van der Waals surface area contributed by atoms with E-state index < -0.39 is 22.5 Å². The molecule has 0 spiro atoms. The average molecular weight is 480 g/mol. The van der Waals surface area contributed by atoms with Crippen molar-refractivity contribution in [3.63, 3.8) is 0 Å². The lowest BCUT2D eigenvalue weighted by molar-refractivity contribution is -0.385. The van der Waals surface area contributed by atoms with Gasteiger partial charge in [-0.15, -0.1) is 0 Å². The Hall–Kier alpha value is -4.05. The molecule has 0 bridgehead atoms. The fourth-order valence-corrected chi connectivity index (χ4v) is 4.85. The van der Waals surface area contributed by atoms with E-state index in [1.54, 1.807) is 63.4 Å². The predicted octanol–water partition coefficient (Wildman–Crippen LogP) is 2.72. The summed E-state index contributed by atoms with van der Waals surface area (Å²) in [5, 5.41) is 11.4. The first kappa shape index (κ1) is 23.1. The fraction of sp³-hybridized carbons (Fsp3) is 0.208. The highest BCUT2D eigenvalue weighted by atomic mass is 32.1. The van der Waals surface area contributed by atoms with Gasteiger partial charge >= 0.3 is 5.97 Å². The molecule has 0 aliphatic carbocycles. The number of thiazole rings is 1. The number of allylic oxidation sites excluding steroid dienone is 1. The summed E-state index contributed by atoms with van der Waals surface area (Å²) < 4.78 is 12.2. The van der Waals surface area contributed by atoms with Gasteiger partial charge in [-0.05, 0) is 43.7 Å². The van der Waals surface area contributed by atoms with Crippen LogP contribution in [0.25, 0.3) is 6.08 Å². The summed E-state index contributed by atoms with van der Waals surface area (Å²) >= 11 is 1.11. The van der Waals surface area contributed by atoms with E-state index in [-0.39, 0.29) is 22.4 Å². The second kappa shape index (κ2) is 9.44. The van der Waals surface area contributed by atoms with Crippen LogP contribution in [-0.4, -0.2) is 29.2 Å². The highest BCUT2D eigenvalue weighted by molar-refractivity contribution is 7.07. The van der Waals surface area contributed by atoms with Crippen molar-refractivity contribution in [2.24, 2.45) is 4.99 Å². The number of nitro groups is 1. The van der Waals surface area contributed by atoms with Gasteiger partial charge in [0.25, 0.3) is 11.2 Å². The van der Waals surface area contributed by atoms with E-state index in [1.807, 2.05) is 0 Å².